The Morgan fingerprint density at radius 1 is 1.13 bits per heavy atom. The number of nitrogen functional groups attached to an aromatic ring is 1. The summed E-state index contributed by atoms with van der Waals surface area (Å²) in [5.74, 6) is 1.32. The van der Waals surface area contributed by atoms with Crippen molar-refractivity contribution in [2.24, 2.45) is 5.41 Å². The summed E-state index contributed by atoms with van der Waals surface area (Å²) in [5.41, 5.74) is 9.20. The lowest BCUT2D eigenvalue weighted by molar-refractivity contribution is -0.115. The second kappa shape index (κ2) is 8.70. The summed E-state index contributed by atoms with van der Waals surface area (Å²) in [6, 6.07) is 8.60. The van der Waals surface area contributed by atoms with Gasteiger partial charge in [-0.1, -0.05) is 45.0 Å². The van der Waals surface area contributed by atoms with Gasteiger partial charge in [0.2, 0.25) is 11.9 Å². The van der Waals surface area contributed by atoms with Gasteiger partial charge in [-0.3, -0.25) is 9.69 Å². The van der Waals surface area contributed by atoms with Gasteiger partial charge >= 0.3 is 0 Å². The summed E-state index contributed by atoms with van der Waals surface area (Å²) in [6.07, 6.45) is 2.57. The highest BCUT2D eigenvalue weighted by atomic mass is 16.2. The normalized spacial score (nSPS) is 16.9. The lowest BCUT2D eigenvalue weighted by Gasteiger charge is -2.31. The molecular weight excluding hydrogens is 390 g/mol. The van der Waals surface area contributed by atoms with Crippen LogP contribution in [-0.4, -0.2) is 47.0 Å². The number of likely N-dealkylation sites (tertiary alicyclic amines) is 1. The van der Waals surface area contributed by atoms with Crippen molar-refractivity contribution in [1.29, 1.82) is 0 Å². The molecule has 2 aliphatic heterocycles. The van der Waals surface area contributed by atoms with E-state index in [4.69, 9.17) is 10.7 Å². The van der Waals surface area contributed by atoms with Crippen LogP contribution in [0.25, 0.3) is 0 Å². The summed E-state index contributed by atoms with van der Waals surface area (Å²) in [7, 11) is 0. The molecule has 166 valence electrons. The van der Waals surface area contributed by atoms with Gasteiger partial charge in [0.05, 0.1) is 6.54 Å². The fourth-order valence-corrected chi connectivity index (χ4v) is 4.04. The number of nitrogens with zero attached hydrogens (tertiary/aromatic N) is 4. The van der Waals surface area contributed by atoms with Crippen molar-refractivity contribution in [2.75, 3.05) is 47.4 Å². The van der Waals surface area contributed by atoms with E-state index in [-0.39, 0.29) is 23.7 Å². The highest BCUT2D eigenvalue weighted by molar-refractivity contribution is 6.03. The molecule has 1 saturated heterocycles. The van der Waals surface area contributed by atoms with Crippen LogP contribution >= 0.6 is 0 Å². The zero-order valence-corrected chi connectivity index (χ0v) is 18.7. The third-order valence-corrected chi connectivity index (χ3v) is 5.56. The fraction of sp³-hybridized carbons (Fsp3) is 0.522. The summed E-state index contributed by atoms with van der Waals surface area (Å²) in [6.45, 7) is 11.3. The maximum Gasteiger partial charge on any atom is 0.244 e. The average molecular weight is 424 g/mol. The highest BCUT2D eigenvalue weighted by Gasteiger charge is 2.27. The van der Waals surface area contributed by atoms with E-state index in [9.17, 15) is 4.79 Å². The van der Waals surface area contributed by atoms with E-state index in [1.165, 1.54) is 31.5 Å². The van der Waals surface area contributed by atoms with Gasteiger partial charge in [-0.25, -0.2) is 0 Å². The molecular formula is C23H33N7O. The first-order valence-electron chi connectivity index (χ1n) is 11.0. The first-order valence-corrected chi connectivity index (χ1v) is 11.0. The minimum absolute atomic E-state index is 0.0811. The monoisotopic (exact) mass is 423 g/mol. The zero-order chi connectivity index (χ0) is 22.0. The Kier molecular flexibility index (Phi) is 6.00. The van der Waals surface area contributed by atoms with Crippen molar-refractivity contribution in [3.05, 3.63) is 35.4 Å². The van der Waals surface area contributed by atoms with Crippen LogP contribution in [0, 0.1) is 5.41 Å². The summed E-state index contributed by atoms with van der Waals surface area (Å²) >= 11 is 0. The van der Waals surface area contributed by atoms with Gasteiger partial charge in [0.1, 0.15) is 5.69 Å². The Morgan fingerprint density at radius 2 is 1.84 bits per heavy atom. The Labute approximate surface area is 184 Å². The molecule has 1 amide bonds. The molecule has 1 aromatic carbocycles. The van der Waals surface area contributed by atoms with Gasteiger partial charge in [-0.15, -0.1) is 0 Å². The lowest BCUT2D eigenvalue weighted by Crippen LogP contribution is -2.39. The van der Waals surface area contributed by atoms with Crippen LogP contribution in [0.3, 0.4) is 0 Å². The predicted molar refractivity (Wildman–Crippen MR) is 125 cm³/mol. The van der Waals surface area contributed by atoms with E-state index in [2.05, 4.69) is 65.6 Å². The van der Waals surface area contributed by atoms with Gasteiger partial charge in [0, 0.05) is 19.6 Å². The summed E-state index contributed by atoms with van der Waals surface area (Å²) in [5, 5.41) is 6.11. The molecule has 4 rings (SSSR count). The number of anilines is 4. The fourth-order valence-electron chi connectivity index (χ4n) is 4.04. The van der Waals surface area contributed by atoms with Crippen LogP contribution < -0.4 is 21.3 Å². The van der Waals surface area contributed by atoms with Crippen molar-refractivity contribution in [3.8, 4) is 0 Å². The molecule has 0 atom stereocenters. The van der Waals surface area contributed by atoms with Gasteiger partial charge in [0.25, 0.3) is 0 Å². The van der Waals surface area contributed by atoms with Crippen molar-refractivity contribution in [3.63, 3.8) is 0 Å². The number of hydrogen-bond acceptors (Lipinski definition) is 7. The topological polar surface area (TPSA) is 99.4 Å². The number of aromatic nitrogens is 2. The molecule has 0 radical (unpaired) electrons. The van der Waals surface area contributed by atoms with Crippen LogP contribution in [0.15, 0.2) is 24.3 Å². The Hall–Kier alpha value is -2.87. The van der Waals surface area contributed by atoms with E-state index < -0.39 is 0 Å². The zero-order valence-electron chi connectivity index (χ0n) is 18.7. The number of benzene rings is 1. The third-order valence-electron chi connectivity index (χ3n) is 5.56. The number of fused-ring (bicyclic) bond motifs is 1. The standard InChI is InChI=1S/C23H33N7O/c1-23(2,3)15-25-22-27-20(24)19-21(28-22)30(14-18(31)26-19)13-17-8-6-7-16(11-17)12-29-9-4-5-10-29/h6-8,11H,4-5,9-10,12-15H2,1-3H3,(H,26,31)(H3,24,25,27,28). The number of nitrogens with two attached hydrogens (primary N) is 1. The maximum atomic E-state index is 12.3. The number of nitrogens with one attached hydrogen (secondary N) is 2. The van der Waals surface area contributed by atoms with Gasteiger partial charge < -0.3 is 21.3 Å². The quantitative estimate of drug-likeness (QED) is 0.657. The predicted octanol–water partition coefficient (Wildman–Crippen LogP) is 3.07. The molecule has 0 spiro atoms. The van der Waals surface area contributed by atoms with E-state index >= 15 is 0 Å². The van der Waals surface area contributed by atoms with E-state index in [0.29, 0.717) is 24.0 Å². The van der Waals surface area contributed by atoms with E-state index in [1.807, 2.05) is 4.90 Å². The number of rotatable bonds is 6. The second-order valence-corrected chi connectivity index (χ2v) is 9.75. The van der Waals surface area contributed by atoms with Crippen LogP contribution in [-0.2, 0) is 17.9 Å². The van der Waals surface area contributed by atoms with Crippen LogP contribution in [0.5, 0.6) is 0 Å². The molecule has 8 heteroatoms. The molecule has 2 aliphatic rings. The number of amides is 1. The Bertz CT molecular complexity index is 947. The molecule has 1 fully saturated rings. The molecule has 4 N–H and O–H groups in total. The van der Waals surface area contributed by atoms with Crippen molar-refractivity contribution in [2.45, 2.75) is 46.7 Å². The van der Waals surface area contributed by atoms with Gasteiger partial charge in [-0.2, -0.15) is 9.97 Å². The average Bonchev–Trinajstić information content (AvgIpc) is 3.20. The first kappa shape index (κ1) is 21.4. The third kappa shape index (κ3) is 5.44. The van der Waals surface area contributed by atoms with Gasteiger partial charge in [0.15, 0.2) is 11.6 Å². The molecule has 3 heterocycles. The minimum Gasteiger partial charge on any atom is -0.382 e. The van der Waals surface area contributed by atoms with E-state index in [0.717, 1.165) is 18.7 Å². The molecule has 8 nitrogen and oxygen atoms in total. The van der Waals surface area contributed by atoms with Crippen LogP contribution in [0.1, 0.15) is 44.7 Å². The highest BCUT2D eigenvalue weighted by Crippen LogP contribution is 2.34. The first-order chi connectivity index (χ1) is 14.8. The lowest BCUT2D eigenvalue weighted by atomic mass is 9.97. The number of carbonyl (C=O) groups excluding carboxylic acids is 1. The minimum atomic E-state index is -0.105. The van der Waals surface area contributed by atoms with Crippen LogP contribution in [0.2, 0.25) is 0 Å². The van der Waals surface area contributed by atoms with E-state index in [1.54, 1.807) is 0 Å². The molecule has 0 aliphatic carbocycles. The molecule has 0 bridgehead atoms. The molecule has 31 heavy (non-hydrogen) atoms. The maximum absolute atomic E-state index is 12.3. The number of hydrogen-bond donors (Lipinski definition) is 3. The molecule has 0 unspecified atom stereocenters. The smallest absolute Gasteiger partial charge is 0.244 e. The SMILES string of the molecule is CC(C)(C)CNc1nc(N)c2c(n1)N(Cc1cccc(CN3CCCC3)c1)CC(=O)N2. The molecule has 0 saturated carbocycles. The van der Waals surface area contributed by atoms with Crippen LogP contribution in [0.4, 0.5) is 23.3 Å². The summed E-state index contributed by atoms with van der Waals surface area (Å²) < 4.78 is 0. The summed E-state index contributed by atoms with van der Waals surface area (Å²) in [4.78, 5) is 25.8. The van der Waals surface area contributed by atoms with Crippen molar-refractivity contribution < 1.29 is 4.79 Å². The Balaban J connectivity index is 1.55. The largest absolute Gasteiger partial charge is 0.382 e. The number of carbonyl (C=O) groups is 1. The Morgan fingerprint density at radius 3 is 2.55 bits per heavy atom. The van der Waals surface area contributed by atoms with Crippen molar-refractivity contribution >= 4 is 29.2 Å². The molecule has 1 aromatic heterocycles. The van der Waals surface area contributed by atoms with Crippen molar-refractivity contribution in [1.82, 2.24) is 14.9 Å². The molecule has 2 aromatic rings. The second-order valence-electron chi connectivity index (χ2n) is 9.75. The van der Waals surface area contributed by atoms with Gasteiger partial charge in [-0.05, 0) is 42.5 Å².